The fourth-order valence-electron chi connectivity index (χ4n) is 1.56. The van der Waals surface area contributed by atoms with Crippen molar-refractivity contribution in [1.29, 1.82) is 0 Å². The molecule has 0 saturated carbocycles. The normalized spacial score (nSPS) is 10.3. The van der Waals surface area contributed by atoms with E-state index in [1.807, 2.05) is 24.3 Å². The molecule has 0 spiro atoms. The van der Waals surface area contributed by atoms with Gasteiger partial charge < -0.3 is 10.1 Å². The van der Waals surface area contributed by atoms with Gasteiger partial charge in [-0.25, -0.2) is 0 Å². The van der Waals surface area contributed by atoms with E-state index in [9.17, 15) is 4.79 Å². The van der Waals surface area contributed by atoms with Crippen LogP contribution in [0, 0.1) is 0 Å². The molecule has 1 amide bonds. The van der Waals surface area contributed by atoms with Crippen molar-refractivity contribution in [3.63, 3.8) is 0 Å². The number of hydrogen-bond acceptors (Lipinski definition) is 3. The Morgan fingerprint density at radius 2 is 2.16 bits per heavy atom. The zero-order valence-corrected chi connectivity index (χ0v) is 12.4. The lowest BCUT2D eigenvalue weighted by molar-refractivity contribution is 0.0951. The van der Waals surface area contributed by atoms with Crippen molar-refractivity contribution >= 4 is 40.4 Å². The van der Waals surface area contributed by atoms with Gasteiger partial charge in [-0.1, -0.05) is 35.3 Å². The molecule has 100 valence electrons. The van der Waals surface area contributed by atoms with Crippen LogP contribution in [0.5, 0.6) is 5.75 Å². The van der Waals surface area contributed by atoms with Crippen LogP contribution in [0.4, 0.5) is 0 Å². The molecule has 1 aromatic heterocycles. The molecule has 6 heteroatoms. The van der Waals surface area contributed by atoms with Gasteiger partial charge in [0.15, 0.2) is 0 Å². The number of hydrogen-bond donors (Lipinski definition) is 1. The van der Waals surface area contributed by atoms with Gasteiger partial charge in [0.1, 0.15) is 10.1 Å². The highest BCUT2D eigenvalue weighted by Crippen LogP contribution is 2.31. The summed E-state index contributed by atoms with van der Waals surface area (Å²) in [6.07, 6.45) is 0. The molecule has 3 nitrogen and oxygen atoms in total. The average molecular weight is 316 g/mol. The van der Waals surface area contributed by atoms with Crippen molar-refractivity contribution in [3.05, 3.63) is 50.1 Å². The molecule has 0 saturated heterocycles. The molecule has 2 aromatic rings. The third-order valence-electron chi connectivity index (χ3n) is 2.49. The maximum Gasteiger partial charge on any atom is 0.253 e. The van der Waals surface area contributed by atoms with Crippen LogP contribution in [0.15, 0.2) is 30.3 Å². The minimum atomic E-state index is -0.240. The minimum Gasteiger partial charge on any atom is -0.497 e. The van der Waals surface area contributed by atoms with E-state index in [4.69, 9.17) is 27.9 Å². The molecular formula is C13H11Cl2NO2S. The van der Waals surface area contributed by atoms with Gasteiger partial charge in [0, 0.05) is 6.54 Å². The highest BCUT2D eigenvalue weighted by molar-refractivity contribution is 7.20. The summed E-state index contributed by atoms with van der Waals surface area (Å²) >= 11 is 12.9. The molecule has 0 aliphatic heterocycles. The lowest BCUT2D eigenvalue weighted by Crippen LogP contribution is -2.22. The average Bonchev–Trinajstić information content (AvgIpc) is 2.75. The molecule has 0 fully saturated rings. The summed E-state index contributed by atoms with van der Waals surface area (Å²) in [5, 5.41) is 2.79. The number of thiophene rings is 1. The minimum absolute atomic E-state index is 0.240. The number of halogens is 2. The number of carbonyl (C=O) groups excluding carboxylic acids is 1. The number of methoxy groups -OCH3 is 1. The second-order valence-corrected chi connectivity index (χ2v) is 6.06. The van der Waals surface area contributed by atoms with Crippen molar-refractivity contribution in [2.45, 2.75) is 6.54 Å². The van der Waals surface area contributed by atoms with Crippen LogP contribution in [0.3, 0.4) is 0 Å². The van der Waals surface area contributed by atoms with Crippen LogP contribution >= 0.6 is 34.5 Å². The molecular weight excluding hydrogens is 305 g/mol. The summed E-state index contributed by atoms with van der Waals surface area (Å²) in [7, 11) is 1.60. The summed E-state index contributed by atoms with van der Waals surface area (Å²) in [6.45, 7) is 0.403. The lowest BCUT2D eigenvalue weighted by atomic mass is 10.2. The van der Waals surface area contributed by atoms with Crippen LogP contribution in [-0.2, 0) is 6.54 Å². The van der Waals surface area contributed by atoms with Gasteiger partial charge >= 0.3 is 0 Å². The fraction of sp³-hybridized carbons (Fsp3) is 0.154. The Morgan fingerprint density at radius 1 is 1.37 bits per heavy atom. The Morgan fingerprint density at radius 3 is 2.79 bits per heavy atom. The molecule has 1 heterocycles. The van der Waals surface area contributed by atoms with E-state index in [1.165, 1.54) is 11.3 Å². The number of amides is 1. The summed E-state index contributed by atoms with van der Waals surface area (Å²) in [6, 6.07) is 9.05. The first-order chi connectivity index (χ1) is 9.10. The molecule has 0 radical (unpaired) electrons. The largest absolute Gasteiger partial charge is 0.497 e. The second kappa shape index (κ2) is 6.28. The van der Waals surface area contributed by atoms with E-state index in [0.29, 0.717) is 20.8 Å². The van der Waals surface area contributed by atoms with Crippen LogP contribution in [-0.4, -0.2) is 13.0 Å². The van der Waals surface area contributed by atoms with E-state index in [1.54, 1.807) is 13.2 Å². The van der Waals surface area contributed by atoms with Crippen LogP contribution < -0.4 is 10.1 Å². The fourth-order valence-corrected chi connectivity index (χ4v) is 3.01. The SMILES string of the molecule is COc1cccc(CNC(=O)c2cc(Cl)sc2Cl)c1. The first-order valence-corrected chi connectivity index (χ1v) is 7.03. The Balaban J connectivity index is 2.02. The summed E-state index contributed by atoms with van der Waals surface area (Å²) in [5.41, 5.74) is 1.35. The van der Waals surface area contributed by atoms with Crippen molar-refractivity contribution in [1.82, 2.24) is 5.32 Å². The smallest absolute Gasteiger partial charge is 0.253 e. The topological polar surface area (TPSA) is 38.3 Å². The van der Waals surface area contributed by atoms with Gasteiger partial charge in [-0.15, -0.1) is 11.3 Å². The molecule has 0 bridgehead atoms. The van der Waals surface area contributed by atoms with Crippen LogP contribution in [0.25, 0.3) is 0 Å². The van der Waals surface area contributed by atoms with Crippen molar-refractivity contribution in [3.8, 4) is 5.75 Å². The number of nitrogens with one attached hydrogen (secondary N) is 1. The molecule has 1 N–H and O–H groups in total. The predicted molar refractivity (Wildman–Crippen MR) is 78.5 cm³/mol. The Kier molecular flexibility index (Phi) is 4.69. The van der Waals surface area contributed by atoms with E-state index in [-0.39, 0.29) is 5.91 Å². The van der Waals surface area contributed by atoms with Crippen molar-refractivity contribution in [2.75, 3.05) is 7.11 Å². The van der Waals surface area contributed by atoms with Gasteiger partial charge in [0.25, 0.3) is 5.91 Å². The third-order valence-corrected chi connectivity index (χ3v) is 3.98. The molecule has 0 unspecified atom stereocenters. The van der Waals surface area contributed by atoms with Gasteiger partial charge in [0.05, 0.1) is 17.0 Å². The quantitative estimate of drug-likeness (QED) is 0.926. The zero-order chi connectivity index (χ0) is 13.8. The van der Waals surface area contributed by atoms with E-state index in [2.05, 4.69) is 5.32 Å². The number of ether oxygens (including phenoxy) is 1. The molecule has 1 aromatic carbocycles. The number of rotatable bonds is 4. The first-order valence-electron chi connectivity index (χ1n) is 5.46. The Hall–Kier alpha value is -1.23. The standard InChI is InChI=1S/C13H11Cl2NO2S/c1-18-9-4-2-3-8(5-9)7-16-13(17)10-6-11(14)19-12(10)15/h2-6H,7H2,1H3,(H,16,17). The van der Waals surface area contributed by atoms with Crippen molar-refractivity contribution in [2.24, 2.45) is 0 Å². The maximum atomic E-state index is 11.9. The highest BCUT2D eigenvalue weighted by Gasteiger charge is 2.13. The predicted octanol–water partition coefficient (Wildman–Crippen LogP) is 3.99. The monoisotopic (exact) mass is 315 g/mol. The third kappa shape index (κ3) is 3.62. The lowest BCUT2D eigenvalue weighted by Gasteiger charge is -2.06. The molecule has 0 atom stereocenters. The van der Waals surface area contributed by atoms with Crippen LogP contribution in [0.2, 0.25) is 8.67 Å². The summed E-state index contributed by atoms with van der Waals surface area (Å²) in [4.78, 5) is 11.9. The van der Waals surface area contributed by atoms with Crippen LogP contribution in [0.1, 0.15) is 15.9 Å². The zero-order valence-electron chi connectivity index (χ0n) is 10.1. The number of benzene rings is 1. The molecule has 2 rings (SSSR count). The molecule has 0 aliphatic carbocycles. The Labute approximate surface area is 125 Å². The second-order valence-electron chi connectivity index (χ2n) is 3.77. The van der Waals surface area contributed by atoms with Gasteiger partial charge in [-0.05, 0) is 23.8 Å². The maximum absolute atomic E-state index is 11.9. The van der Waals surface area contributed by atoms with E-state index in [0.717, 1.165) is 11.3 Å². The van der Waals surface area contributed by atoms with Gasteiger partial charge in [0.2, 0.25) is 0 Å². The van der Waals surface area contributed by atoms with Gasteiger partial charge in [-0.3, -0.25) is 4.79 Å². The molecule has 19 heavy (non-hydrogen) atoms. The summed E-state index contributed by atoms with van der Waals surface area (Å²) < 4.78 is 6.01. The highest BCUT2D eigenvalue weighted by atomic mass is 35.5. The van der Waals surface area contributed by atoms with Gasteiger partial charge in [-0.2, -0.15) is 0 Å². The Bertz CT molecular complexity index is 598. The molecule has 0 aliphatic rings. The summed E-state index contributed by atoms with van der Waals surface area (Å²) in [5.74, 6) is 0.513. The van der Waals surface area contributed by atoms with Crippen molar-refractivity contribution < 1.29 is 9.53 Å². The van der Waals surface area contributed by atoms with E-state index >= 15 is 0 Å². The number of carbonyl (C=O) groups is 1. The first kappa shape index (κ1) is 14.2. The van der Waals surface area contributed by atoms with E-state index < -0.39 is 0 Å².